The first-order valence-electron chi connectivity index (χ1n) is 11.0. The van der Waals surface area contributed by atoms with Crippen molar-refractivity contribution in [2.24, 2.45) is 0 Å². The molecule has 1 aliphatic heterocycles. The Kier molecular flexibility index (Phi) is 6.83. The van der Waals surface area contributed by atoms with Gasteiger partial charge in [0.25, 0.3) is 0 Å². The molecule has 1 saturated heterocycles. The van der Waals surface area contributed by atoms with Crippen molar-refractivity contribution in [1.82, 2.24) is 14.9 Å². The fourth-order valence-corrected chi connectivity index (χ4v) is 4.03. The van der Waals surface area contributed by atoms with Crippen LogP contribution in [0.25, 0.3) is 21.8 Å². The molecule has 0 aliphatic carbocycles. The molecule has 1 aliphatic rings. The molecule has 3 heterocycles. The molecule has 4 aromatic rings. The van der Waals surface area contributed by atoms with Gasteiger partial charge in [-0.3, -0.25) is 9.78 Å². The molecule has 176 valence electrons. The van der Waals surface area contributed by atoms with Crippen LogP contribution in [0, 0.1) is 11.6 Å². The summed E-state index contributed by atoms with van der Waals surface area (Å²) in [5.74, 6) is -2.01. The highest BCUT2D eigenvalue weighted by Crippen LogP contribution is 2.25. The van der Waals surface area contributed by atoms with E-state index in [1.807, 2.05) is 11.8 Å². The first-order chi connectivity index (χ1) is 16.4. The maximum Gasteiger partial charge on any atom is 0.341 e. The van der Waals surface area contributed by atoms with Crippen LogP contribution < -0.4 is 15.6 Å². The number of nitrogens with zero attached hydrogens (tertiary/aromatic N) is 3. The molecule has 0 saturated carbocycles. The van der Waals surface area contributed by atoms with Crippen LogP contribution >= 0.6 is 0 Å². The molecular formula is C25H24F2N4O3. The number of aryl methyl sites for hydroxylation is 1. The summed E-state index contributed by atoms with van der Waals surface area (Å²) in [6, 6.07) is 11.1. The predicted molar refractivity (Wildman–Crippen MR) is 128 cm³/mol. The van der Waals surface area contributed by atoms with Gasteiger partial charge in [0.15, 0.2) is 0 Å². The van der Waals surface area contributed by atoms with E-state index >= 15 is 0 Å². The van der Waals surface area contributed by atoms with Crippen molar-refractivity contribution in [3.8, 4) is 0 Å². The van der Waals surface area contributed by atoms with E-state index in [-0.39, 0.29) is 16.8 Å². The molecule has 2 aromatic heterocycles. The molecule has 2 N–H and O–H groups in total. The summed E-state index contributed by atoms with van der Waals surface area (Å²) in [5.41, 5.74) is 0.713. The second-order valence-corrected chi connectivity index (χ2v) is 7.83. The van der Waals surface area contributed by atoms with E-state index in [9.17, 15) is 18.4 Å². The number of pyridine rings is 2. The molecule has 0 radical (unpaired) electrons. The molecule has 0 atom stereocenters. The number of piperazine rings is 1. The van der Waals surface area contributed by atoms with E-state index < -0.39 is 17.2 Å². The maximum absolute atomic E-state index is 14.5. The van der Waals surface area contributed by atoms with Crippen molar-refractivity contribution in [1.29, 1.82) is 0 Å². The van der Waals surface area contributed by atoms with Gasteiger partial charge in [0.1, 0.15) is 17.2 Å². The fraction of sp³-hybridized carbons (Fsp3) is 0.240. The molecule has 0 spiro atoms. The lowest BCUT2D eigenvalue weighted by atomic mass is 10.1. The van der Waals surface area contributed by atoms with Crippen LogP contribution in [0.15, 0.2) is 59.7 Å². The molecule has 34 heavy (non-hydrogen) atoms. The normalized spacial score (nSPS) is 13.6. The van der Waals surface area contributed by atoms with E-state index in [4.69, 9.17) is 5.11 Å². The maximum atomic E-state index is 14.5. The zero-order valence-corrected chi connectivity index (χ0v) is 18.6. The van der Waals surface area contributed by atoms with Crippen molar-refractivity contribution >= 4 is 33.5 Å². The number of hydrogen-bond acceptors (Lipinski definition) is 5. The smallest absolute Gasteiger partial charge is 0.341 e. The summed E-state index contributed by atoms with van der Waals surface area (Å²) >= 11 is 0. The van der Waals surface area contributed by atoms with Gasteiger partial charge in [0.05, 0.1) is 16.7 Å². The molecule has 1 fully saturated rings. The highest BCUT2D eigenvalue weighted by Gasteiger charge is 2.20. The summed E-state index contributed by atoms with van der Waals surface area (Å²) in [6.45, 7) is 5.26. The molecule has 0 bridgehead atoms. The van der Waals surface area contributed by atoms with Gasteiger partial charge in [0, 0.05) is 55.9 Å². The van der Waals surface area contributed by atoms with E-state index in [0.29, 0.717) is 41.7 Å². The van der Waals surface area contributed by atoms with Crippen LogP contribution in [0.1, 0.15) is 17.3 Å². The fourth-order valence-electron chi connectivity index (χ4n) is 4.03. The van der Waals surface area contributed by atoms with Gasteiger partial charge in [0.2, 0.25) is 5.43 Å². The summed E-state index contributed by atoms with van der Waals surface area (Å²) in [4.78, 5) is 29.4. The highest BCUT2D eigenvalue weighted by molar-refractivity contribution is 5.93. The minimum Gasteiger partial charge on any atom is -0.477 e. The largest absolute Gasteiger partial charge is 0.477 e. The van der Waals surface area contributed by atoms with Crippen molar-refractivity contribution in [2.45, 2.75) is 13.5 Å². The van der Waals surface area contributed by atoms with E-state index in [1.54, 1.807) is 41.1 Å². The number of hydrogen-bond donors (Lipinski definition) is 2. The number of carbonyl (C=O) groups is 1. The second-order valence-electron chi connectivity index (χ2n) is 7.83. The monoisotopic (exact) mass is 466 g/mol. The molecule has 9 heteroatoms. The summed E-state index contributed by atoms with van der Waals surface area (Å²) in [5, 5.41) is 13.0. The third-order valence-electron chi connectivity index (χ3n) is 5.77. The van der Waals surface area contributed by atoms with Crippen LogP contribution in [0.5, 0.6) is 0 Å². The van der Waals surface area contributed by atoms with Gasteiger partial charge in [-0.1, -0.05) is 6.07 Å². The predicted octanol–water partition coefficient (Wildman–Crippen LogP) is 3.64. The van der Waals surface area contributed by atoms with Gasteiger partial charge in [-0.2, -0.15) is 0 Å². The first kappa shape index (κ1) is 23.3. The Morgan fingerprint density at radius 2 is 1.85 bits per heavy atom. The quantitative estimate of drug-likeness (QED) is 0.479. The Morgan fingerprint density at radius 3 is 2.53 bits per heavy atom. The third kappa shape index (κ3) is 4.60. The number of aromatic nitrogens is 2. The lowest BCUT2D eigenvalue weighted by Crippen LogP contribution is -2.43. The number of halogens is 2. The Bertz CT molecular complexity index is 1410. The number of aromatic carboxylic acids is 1. The van der Waals surface area contributed by atoms with Crippen molar-refractivity contribution in [2.75, 3.05) is 31.1 Å². The number of carboxylic acids is 1. The van der Waals surface area contributed by atoms with Crippen molar-refractivity contribution < 1.29 is 18.7 Å². The molecule has 7 nitrogen and oxygen atoms in total. The lowest BCUT2D eigenvalue weighted by Gasteiger charge is -2.30. The van der Waals surface area contributed by atoms with Gasteiger partial charge >= 0.3 is 5.97 Å². The number of rotatable bonds is 3. The zero-order chi connectivity index (χ0) is 24.2. The van der Waals surface area contributed by atoms with Crippen LogP contribution in [-0.2, 0) is 6.54 Å². The minimum absolute atomic E-state index is 0.100. The highest BCUT2D eigenvalue weighted by atomic mass is 19.1. The topological polar surface area (TPSA) is 87.5 Å². The van der Waals surface area contributed by atoms with E-state index in [2.05, 4.69) is 10.3 Å². The van der Waals surface area contributed by atoms with Gasteiger partial charge in [-0.25, -0.2) is 13.6 Å². The Morgan fingerprint density at radius 1 is 1.09 bits per heavy atom. The lowest BCUT2D eigenvalue weighted by molar-refractivity contribution is 0.0695. The molecule has 0 unspecified atom stereocenters. The second kappa shape index (κ2) is 9.96. The summed E-state index contributed by atoms with van der Waals surface area (Å²) in [7, 11) is 0. The van der Waals surface area contributed by atoms with Gasteiger partial charge < -0.3 is 19.9 Å². The van der Waals surface area contributed by atoms with E-state index in [1.165, 1.54) is 12.3 Å². The minimum atomic E-state index is -1.30. The standard InChI is InChI=1S/C16H18FN3O3.C9H6FN/c1-2-19-9-11(16(22)23)15(21)10-7-12(17)14(8-13(10)19)20-5-3-18-4-6-20;10-8-4-1-5-9-7(8)3-2-6-11-9/h7-9,18H,2-6H2,1H3,(H,22,23);1-6H. The van der Waals surface area contributed by atoms with Gasteiger partial charge in [-0.15, -0.1) is 0 Å². The average Bonchev–Trinajstić information content (AvgIpc) is 2.85. The SMILES string of the molecule is CCn1cc(C(=O)O)c(=O)c2cc(F)c(N3CCNCC3)cc21.Fc1cccc2ncccc12. The Labute approximate surface area is 194 Å². The molecule has 0 amide bonds. The number of carboxylic acid groups (broad SMARTS) is 1. The summed E-state index contributed by atoms with van der Waals surface area (Å²) in [6.07, 6.45) is 2.98. The van der Waals surface area contributed by atoms with Gasteiger partial charge in [-0.05, 0) is 43.3 Å². The number of anilines is 1. The van der Waals surface area contributed by atoms with Crippen LogP contribution in [-0.4, -0.2) is 46.8 Å². The Balaban J connectivity index is 0.000000207. The van der Waals surface area contributed by atoms with Crippen molar-refractivity contribution in [3.05, 3.63) is 82.3 Å². The van der Waals surface area contributed by atoms with Crippen LogP contribution in [0.2, 0.25) is 0 Å². The molecule has 5 rings (SSSR count). The number of benzene rings is 2. The summed E-state index contributed by atoms with van der Waals surface area (Å²) < 4.78 is 29.1. The van der Waals surface area contributed by atoms with Crippen LogP contribution in [0.4, 0.5) is 14.5 Å². The number of fused-ring (bicyclic) bond motifs is 2. The van der Waals surface area contributed by atoms with E-state index in [0.717, 1.165) is 19.2 Å². The number of nitrogens with one attached hydrogen (secondary N) is 1. The molecular weight excluding hydrogens is 442 g/mol. The van der Waals surface area contributed by atoms with Crippen LogP contribution in [0.3, 0.4) is 0 Å². The van der Waals surface area contributed by atoms with Crippen molar-refractivity contribution in [3.63, 3.8) is 0 Å². The molecule has 2 aromatic carbocycles. The zero-order valence-electron chi connectivity index (χ0n) is 18.6. The average molecular weight is 466 g/mol. The Hall–Kier alpha value is -3.85. The third-order valence-corrected chi connectivity index (χ3v) is 5.77. The first-order valence-corrected chi connectivity index (χ1v) is 11.0.